The molecule has 1 heterocycles. The third kappa shape index (κ3) is 3.08. The highest BCUT2D eigenvalue weighted by Gasteiger charge is 2.46. The number of nitrogens with one attached hydrogen (secondary N) is 1. The van der Waals surface area contributed by atoms with E-state index in [0.29, 0.717) is 5.56 Å². The van der Waals surface area contributed by atoms with Crippen molar-refractivity contribution in [2.24, 2.45) is 5.92 Å². The summed E-state index contributed by atoms with van der Waals surface area (Å²) in [7, 11) is 0. The Labute approximate surface area is 145 Å². The van der Waals surface area contributed by atoms with Gasteiger partial charge in [0, 0.05) is 23.3 Å². The highest BCUT2D eigenvalue weighted by Crippen LogP contribution is 2.50. The number of hydrogen-bond donors (Lipinski definition) is 2. The second-order valence-corrected chi connectivity index (χ2v) is 7.59. The fourth-order valence-electron chi connectivity index (χ4n) is 3.04. The number of carbonyl (C=O) groups is 2. The highest BCUT2D eigenvalue weighted by atomic mass is 32.1. The van der Waals surface area contributed by atoms with E-state index >= 15 is 0 Å². The van der Waals surface area contributed by atoms with Crippen molar-refractivity contribution in [1.82, 2.24) is 5.32 Å². The number of hydrogen-bond acceptors (Lipinski definition) is 3. The molecule has 3 atom stereocenters. The minimum Gasteiger partial charge on any atom is -0.481 e. The van der Waals surface area contributed by atoms with Crippen molar-refractivity contribution in [3.8, 4) is 0 Å². The fourth-order valence-corrected chi connectivity index (χ4v) is 4.15. The Balaban J connectivity index is 1.65. The summed E-state index contributed by atoms with van der Waals surface area (Å²) in [4.78, 5) is 25.5. The molecule has 1 fully saturated rings. The van der Waals surface area contributed by atoms with Crippen molar-refractivity contribution in [2.45, 2.75) is 31.6 Å². The van der Waals surface area contributed by atoms with Crippen LogP contribution in [0.4, 0.5) is 0 Å². The standard InChI is InChI=1S/C19H21NO3S/c1-12-8-9-24-16(12)14-10-15(14)17(21)20-11-19(2,18(22)23)13-6-4-3-5-7-13/h3-9,14-15H,10-11H2,1-2H3,(H,20,21)(H,22,23). The average Bonchev–Trinajstić information content (AvgIpc) is 3.26. The number of amides is 1. The zero-order chi connectivity index (χ0) is 17.3. The highest BCUT2D eigenvalue weighted by molar-refractivity contribution is 7.10. The van der Waals surface area contributed by atoms with Crippen molar-refractivity contribution in [1.29, 1.82) is 0 Å². The molecule has 1 saturated carbocycles. The van der Waals surface area contributed by atoms with E-state index in [1.54, 1.807) is 30.4 Å². The van der Waals surface area contributed by atoms with Crippen molar-refractivity contribution >= 4 is 23.2 Å². The fraction of sp³-hybridized carbons (Fsp3) is 0.368. The molecule has 0 saturated heterocycles. The predicted octanol–water partition coefficient (Wildman–Crippen LogP) is 3.32. The number of benzene rings is 1. The van der Waals surface area contributed by atoms with E-state index in [1.807, 2.05) is 18.2 Å². The molecule has 2 N–H and O–H groups in total. The Kier molecular flexibility index (Phi) is 4.45. The van der Waals surface area contributed by atoms with Crippen LogP contribution in [0, 0.1) is 12.8 Å². The molecule has 0 aliphatic heterocycles. The Morgan fingerprint density at radius 2 is 2.00 bits per heavy atom. The average molecular weight is 343 g/mol. The van der Waals surface area contributed by atoms with Crippen molar-refractivity contribution < 1.29 is 14.7 Å². The summed E-state index contributed by atoms with van der Waals surface area (Å²) in [5.74, 6) is -0.722. The zero-order valence-corrected chi connectivity index (χ0v) is 14.6. The third-order valence-corrected chi connectivity index (χ3v) is 6.02. The second-order valence-electron chi connectivity index (χ2n) is 6.64. The summed E-state index contributed by atoms with van der Waals surface area (Å²) in [5.41, 5.74) is 0.805. The van der Waals surface area contributed by atoms with E-state index in [-0.39, 0.29) is 24.3 Å². The molecule has 24 heavy (non-hydrogen) atoms. The van der Waals surface area contributed by atoms with Gasteiger partial charge < -0.3 is 10.4 Å². The molecule has 0 spiro atoms. The van der Waals surface area contributed by atoms with Crippen molar-refractivity contribution in [3.05, 3.63) is 57.8 Å². The van der Waals surface area contributed by atoms with Gasteiger partial charge in [-0.2, -0.15) is 0 Å². The molecule has 1 amide bonds. The molecule has 2 aromatic rings. The van der Waals surface area contributed by atoms with Gasteiger partial charge in [-0.25, -0.2) is 0 Å². The molecule has 5 heteroatoms. The molecule has 126 valence electrons. The first-order valence-corrected chi connectivity index (χ1v) is 8.92. The summed E-state index contributed by atoms with van der Waals surface area (Å²) in [6.07, 6.45) is 0.850. The van der Waals surface area contributed by atoms with Gasteiger partial charge in [0.25, 0.3) is 0 Å². The van der Waals surface area contributed by atoms with Gasteiger partial charge in [0.2, 0.25) is 5.91 Å². The number of rotatable bonds is 6. The third-order valence-electron chi connectivity index (χ3n) is 4.86. The summed E-state index contributed by atoms with van der Waals surface area (Å²) in [5, 5.41) is 14.6. The van der Waals surface area contributed by atoms with E-state index in [2.05, 4.69) is 23.7 Å². The molecule has 0 bridgehead atoms. The van der Waals surface area contributed by atoms with E-state index in [1.165, 1.54) is 10.4 Å². The number of aliphatic carboxylic acids is 1. The van der Waals surface area contributed by atoms with Crippen molar-refractivity contribution in [3.63, 3.8) is 0 Å². The molecule has 4 nitrogen and oxygen atoms in total. The van der Waals surface area contributed by atoms with Crippen LogP contribution in [0.2, 0.25) is 0 Å². The Bertz CT molecular complexity index is 755. The van der Waals surface area contributed by atoms with Crippen LogP contribution in [0.25, 0.3) is 0 Å². The maximum absolute atomic E-state index is 12.4. The maximum atomic E-state index is 12.4. The lowest BCUT2D eigenvalue weighted by Crippen LogP contribution is -2.44. The first kappa shape index (κ1) is 16.7. The molecule has 3 unspecified atom stereocenters. The van der Waals surface area contributed by atoms with Gasteiger partial charge in [-0.1, -0.05) is 30.3 Å². The molecule has 1 aliphatic rings. The lowest BCUT2D eigenvalue weighted by molar-refractivity contribution is -0.143. The minimum atomic E-state index is -1.12. The summed E-state index contributed by atoms with van der Waals surface area (Å²) in [6, 6.07) is 11.1. The van der Waals surface area contributed by atoms with Crippen LogP contribution < -0.4 is 5.32 Å². The SMILES string of the molecule is Cc1ccsc1C1CC1C(=O)NCC(C)(C(=O)O)c1ccccc1. The molecule has 1 aromatic heterocycles. The van der Waals surface area contributed by atoms with E-state index in [4.69, 9.17) is 0 Å². The molecule has 1 aromatic carbocycles. The quantitative estimate of drug-likeness (QED) is 0.845. The largest absolute Gasteiger partial charge is 0.481 e. The second kappa shape index (κ2) is 6.40. The number of carboxylic acid groups (broad SMARTS) is 1. The molecular weight excluding hydrogens is 322 g/mol. The van der Waals surface area contributed by atoms with E-state index in [9.17, 15) is 14.7 Å². The van der Waals surface area contributed by atoms with Gasteiger partial charge in [-0.3, -0.25) is 9.59 Å². The summed E-state index contributed by atoms with van der Waals surface area (Å²) < 4.78 is 0. The first-order chi connectivity index (χ1) is 11.4. The van der Waals surface area contributed by atoms with E-state index in [0.717, 1.165) is 6.42 Å². The lowest BCUT2D eigenvalue weighted by atomic mass is 9.82. The lowest BCUT2D eigenvalue weighted by Gasteiger charge is -2.25. The Morgan fingerprint density at radius 3 is 2.58 bits per heavy atom. The summed E-state index contributed by atoms with van der Waals surface area (Å²) >= 11 is 1.69. The number of carboxylic acids is 1. The van der Waals surface area contributed by atoms with Crippen LogP contribution in [0.15, 0.2) is 41.8 Å². The van der Waals surface area contributed by atoms with Gasteiger partial charge in [0.15, 0.2) is 0 Å². The smallest absolute Gasteiger partial charge is 0.315 e. The topological polar surface area (TPSA) is 66.4 Å². The Morgan fingerprint density at radius 1 is 1.29 bits per heavy atom. The van der Waals surface area contributed by atoms with Gasteiger partial charge >= 0.3 is 5.97 Å². The number of carbonyl (C=O) groups excluding carboxylic acids is 1. The maximum Gasteiger partial charge on any atom is 0.315 e. The van der Waals surface area contributed by atoms with Gasteiger partial charge in [-0.05, 0) is 42.8 Å². The number of thiophene rings is 1. The predicted molar refractivity (Wildman–Crippen MR) is 94.3 cm³/mol. The monoisotopic (exact) mass is 343 g/mol. The molecular formula is C19H21NO3S. The van der Waals surface area contributed by atoms with Gasteiger partial charge in [-0.15, -0.1) is 11.3 Å². The molecule has 0 radical (unpaired) electrons. The molecule has 1 aliphatic carbocycles. The van der Waals surface area contributed by atoms with Crippen LogP contribution in [0.5, 0.6) is 0 Å². The van der Waals surface area contributed by atoms with Crippen LogP contribution in [-0.2, 0) is 15.0 Å². The minimum absolute atomic E-state index is 0.0313. The zero-order valence-electron chi connectivity index (χ0n) is 13.8. The van der Waals surface area contributed by atoms with Gasteiger partial charge in [0.05, 0.1) is 0 Å². The summed E-state index contributed by atoms with van der Waals surface area (Å²) in [6.45, 7) is 3.81. The number of aryl methyl sites for hydroxylation is 1. The van der Waals surface area contributed by atoms with Crippen LogP contribution in [-0.4, -0.2) is 23.5 Å². The normalized spacial score (nSPS) is 21.8. The van der Waals surface area contributed by atoms with Crippen LogP contribution >= 0.6 is 11.3 Å². The first-order valence-electron chi connectivity index (χ1n) is 8.04. The van der Waals surface area contributed by atoms with Crippen LogP contribution in [0.3, 0.4) is 0 Å². The van der Waals surface area contributed by atoms with Crippen molar-refractivity contribution in [2.75, 3.05) is 6.54 Å². The van der Waals surface area contributed by atoms with E-state index < -0.39 is 11.4 Å². The van der Waals surface area contributed by atoms with Gasteiger partial charge in [0.1, 0.15) is 5.41 Å². The Hall–Kier alpha value is -2.14. The van der Waals surface area contributed by atoms with Crippen LogP contribution in [0.1, 0.15) is 35.3 Å². The molecule has 3 rings (SSSR count).